The lowest BCUT2D eigenvalue weighted by molar-refractivity contribution is -0.124. The van der Waals surface area contributed by atoms with Crippen molar-refractivity contribution in [3.63, 3.8) is 0 Å². The summed E-state index contributed by atoms with van der Waals surface area (Å²) in [6, 6.07) is 1.10. The summed E-state index contributed by atoms with van der Waals surface area (Å²) in [5.74, 6) is 1.98. The highest BCUT2D eigenvalue weighted by molar-refractivity contribution is 9.10. The first-order chi connectivity index (χ1) is 8.88. The number of nitrogens with one attached hydrogen (secondary N) is 1. The SMILES string of the molecule is CC(C(=O)NN)N1C(=O)C(=O)c2cc(F)cc(Br)c21. The molecule has 2 amide bonds. The number of rotatable bonds is 2. The first-order valence-electron chi connectivity index (χ1n) is 5.26. The molecule has 0 aliphatic carbocycles. The Labute approximate surface area is 115 Å². The van der Waals surface area contributed by atoms with Crippen LogP contribution < -0.4 is 16.2 Å². The summed E-state index contributed by atoms with van der Waals surface area (Å²) in [7, 11) is 0. The van der Waals surface area contributed by atoms with Crippen molar-refractivity contribution in [1.82, 2.24) is 5.43 Å². The number of halogens is 2. The number of Topliss-reactive ketones (excluding diaryl/α,β-unsaturated/α-hetero) is 1. The van der Waals surface area contributed by atoms with Gasteiger partial charge in [0, 0.05) is 4.47 Å². The highest BCUT2D eigenvalue weighted by Gasteiger charge is 2.42. The smallest absolute Gasteiger partial charge is 0.292 e. The maximum atomic E-state index is 13.3. The molecule has 0 aromatic heterocycles. The molecule has 2 rings (SSSR count). The number of carbonyl (C=O) groups is 3. The van der Waals surface area contributed by atoms with Gasteiger partial charge < -0.3 is 0 Å². The van der Waals surface area contributed by atoms with Crippen molar-refractivity contribution in [1.29, 1.82) is 0 Å². The summed E-state index contributed by atoms with van der Waals surface area (Å²) < 4.78 is 13.5. The molecule has 100 valence electrons. The van der Waals surface area contributed by atoms with Crippen molar-refractivity contribution in [3.05, 3.63) is 28.0 Å². The molecular formula is C11H9BrFN3O3. The number of nitrogens with two attached hydrogens (primary N) is 1. The first kappa shape index (κ1) is 13.6. The van der Waals surface area contributed by atoms with Crippen LogP contribution in [0.5, 0.6) is 0 Å². The summed E-state index contributed by atoms with van der Waals surface area (Å²) in [6.07, 6.45) is 0. The van der Waals surface area contributed by atoms with E-state index in [-0.39, 0.29) is 15.7 Å². The Kier molecular flexibility index (Phi) is 3.38. The Balaban J connectivity index is 2.59. The molecule has 8 heteroatoms. The maximum Gasteiger partial charge on any atom is 0.300 e. The van der Waals surface area contributed by atoms with Gasteiger partial charge >= 0.3 is 0 Å². The molecule has 1 aromatic rings. The molecule has 0 saturated carbocycles. The number of hydrazine groups is 1. The van der Waals surface area contributed by atoms with Crippen LogP contribution in [-0.4, -0.2) is 23.6 Å². The van der Waals surface area contributed by atoms with E-state index < -0.39 is 29.5 Å². The van der Waals surface area contributed by atoms with Crippen LogP contribution in [-0.2, 0) is 9.59 Å². The fraction of sp³-hybridized carbons (Fsp3) is 0.182. The van der Waals surface area contributed by atoms with Crippen molar-refractivity contribution in [3.8, 4) is 0 Å². The van der Waals surface area contributed by atoms with Crippen LogP contribution >= 0.6 is 15.9 Å². The predicted molar refractivity (Wildman–Crippen MR) is 67.7 cm³/mol. The van der Waals surface area contributed by atoms with Gasteiger partial charge in [0.15, 0.2) is 0 Å². The predicted octanol–water partition coefficient (Wildman–Crippen LogP) is 0.496. The van der Waals surface area contributed by atoms with Gasteiger partial charge in [0.25, 0.3) is 17.6 Å². The van der Waals surface area contributed by atoms with E-state index in [1.54, 1.807) is 0 Å². The second-order valence-corrected chi connectivity index (χ2v) is 4.83. The number of hydrogen-bond donors (Lipinski definition) is 2. The number of carbonyl (C=O) groups excluding carboxylic acids is 3. The van der Waals surface area contributed by atoms with Crippen LogP contribution in [0.2, 0.25) is 0 Å². The Morgan fingerprint density at radius 1 is 1.47 bits per heavy atom. The molecule has 0 spiro atoms. The Morgan fingerprint density at radius 2 is 2.11 bits per heavy atom. The standard InChI is InChI=1S/C11H9BrFN3O3/c1-4(10(18)15-14)16-8-6(9(17)11(16)19)2-5(13)3-7(8)12/h2-4H,14H2,1H3,(H,15,18). The number of nitrogens with zero attached hydrogens (tertiary/aromatic N) is 1. The number of benzene rings is 1. The zero-order valence-corrected chi connectivity index (χ0v) is 11.3. The number of amides is 2. The van der Waals surface area contributed by atoms with Crippen LogP contribution in [0.4, 0.5) is 10.1 Å². The van der Waals surface area contributed by atoms with E-state index in [0.29, 0.717) is 0 Å². The molecule has 1 aliphatic rings. The summed E-state index contributed by atoms with van der Waals surface area (Å²) in [5.41, 5.74) is 2.00. The van der Waals surface area contributed by atoms with Gasteiger partial charge in [-0.05, 0) is 35.0 Å². The molecule has 0 bridgehead atoms. The first-order valence-corrected chi connectivity index (χ1v) is 6.05. The molecule has 0 saturated heterocycles. The number of ketones is 1. The Bertz CT molecular complexity index is 605. The quantitative estimate of drug-likeness (QED) is 0.357. The minimum Gasteiger partial charge on any atom is -0.292 e. The molecule has 6 nitrogen and oxygen atoms in total. The van der Waals surface area contributed by atoms with Crippen LogP contribution in [0, 0.1) is 5.82 Å². The largest absolute Gasteiger partial charge is 0.300 e. The van der Waals surface area contributed by atoms with Gasteiger partial charge in [0.05, 0.1) is 11.3 Å². The van der Waals surface area contributed by atoms with Crippen molar-refractivity contribution in [2.24, 2.45) is 5.84 Å². The van der Waals surface area contributed by atoms with E-state index in [9.17, 15) is 18.8 Å². The van der Waals surface area contributed by atoms with Crippen LogP contribution in [0.3, 0.4) is 0 Å². The van der Waals surface area contributed by atoms with Gasteiger partial charge in [0.2, 0.25) is 0 Å². The highest BCUT2D eigenvalue weighted by Crippen LogP contribution is 2.38. The number of hydrogen-bond acceptors (Lipinski definition) is 4. The van der Waals surface area contributed by atoms with Crippen molar-refractivity contribution >= 4 is 39.2 Å². The fourth-order valence-electron chi connectivity index (χ4n) is 1.92. The summed E-state index contributed by atoms with van der Waals surface area (Å²) >= 11 is 3.08. The Morgan fingerprint density at radius 3 is 2.68 bits per heavy atom. The average Bonchev–Trinajstić information content (AvgIpc) is 2.61. The Hall–Kier alpha value is -1.80. The van der Waals surface area contributed by atoms with E-state index in [1.165, 1.54) is 6.92 Å². The number of anilines is 1. The average molecular weight is 330 g/mol. The van der Waals surface area contributed by atoms with Gasteiger partial charge in [0.1, 0.15) is 11.9 Å². The van der Waals surface area contributed by atoms with E-state index in [1.807, 2.05) is 5.43 Å². The molecule has 1 unspecified atom stereocenters. The van der Waals surface area contributed by atoms with E-state index in [0.717, 1.165) is 17.0 Å². The molecular weight excluding hydrogens is 321 g/mol. The maximum absolute atomic E-state index is 13.3. The zero-order chi connectivity index (χ0) is 14.3. The number of fused-ring (bicyclic) bond motifs is 1. The lowest BCUT2D eigenvalue weighted by atomic mass is 10.1. The molecule has 1 heterocycles. The third-order valence-electron chi connectivity index (χ3n) is 2.84. The molecule has 1 aromatic carbocycles. The molecule has 1 aliphatic heterocycles. The second kappa shape index (κ2) is 4.71. The van der Waals surface area contributed by atoms with E-state index >= 15 is 0 Å². The molecule has 3 N–H and O–H groups in total. The molecule has 0 radical (unpaired) electrons. The summed E-state index contributed by atoms with van der Waals surface area (Å²) in [5, 5.41) is 0. The topological polar surface area (TPSA) is 92.5 Å². The summed E-state index contributed by atoms with van der Waals surface area (Å²) in [6.45, 7) is 1.41. The second-order valence-electron chi connectivity index (χ2n) is 3.97. The third kappa shape index (κ3) is 2.02. The van der Waals surface area contributed by atoms with Gasteiger partial charge in [-0.25, -0.2) is 10.2 Å². The van der Waals surface area contributed by atoms with Gasteiger partial charge in [-0.3, -0.25) is 24.7 Å². The lowest BCUT2D eigenvalue weighted by Crippen LogP contribution is -2.49. The van der Waals surface area contributed by atoms with Crippen molar-refractivity contribution in [2.75, 3.05) is 4.90 Å². The monoisotopic (exact) mass is 329 g/mol. The van der Waals surface area contributed by atoms with Crippen LogP contribution in [0.1, 0.15) is 17.3 Å². The van der Waals surface area contributed by atoms with Gasteiger partial charge in [-0.1, -0.05) is 0 Å². The lowest BCUT2D eigenvalue weighted by Gasteiger charge is -2.23. The van der Waals surface area contributed by atoms with E-state index in [2.05, 4.69) is 15.9 Å². The molecule has 19 heavy (non-hydrogen) atoms. The summed E-state index contributed by atoms with van der Waals surface area (Å²) in [4.78, 5) is 36.2. The normalized spacial score (nSPS) is 15.5. The van der Waals surface area contributed by atoms with Crippen molar-refractivity contribution < 1.29 is 18.8 Å². The highest BCUT2D eigenvalue weighted by atomic mass is 79.9. The molecule has 0 fully saturated rings. The third-order valence-corrected chi connectivity index (χ3v) is 3.44. The zero-order valence-electron chi connectivity index (χ0n) is 9.74. The minimum absolute atomic E-state index is 0.0754. The van der Waals surface area contributed by atoms with E-state index in [4.69, 9.17) is 5.84 Å². The van der Waals surface area contributed by atoms with Crippen LogP contribution in [0.15, 0.2) is 16.6 Å². The molecule has 1 atom stereocenters. The van der Waals surface area contributed by atoms with Crippen LogP contribution in [0.25, 0.3) is 0 Å². The minimum atomic E-state index is -0.982. The van der Waals surface area contributed by atoms with Crippen molar-refractivity contribution in [2.45, 2.75) is 13.0 Å². The van der Waals surface area contributed by atoms with Gasteiger partial charge in [-0.2, -0.15) is 0 Å². The fourth-order valence-corrected chi connectivity index (χ4v) is 2.54. The van der Waals surface area contributed by atoms with Gasteiger partial charge in [-0.15, -0.1) is 0 Å².